The summed E-state index contributed by atoms with van der Waals surface area (Å²) in [6, 6.07) is 16.6. The van der Waals surface area contributed by atoms with Crippen molar-refractivity contribution in [3.8, 4) is 11.1 Å². The number of piperidine rings is 1. The average Bonchev–Trinajstić information content (AvgIpc) is 3.07. The van der Waals surface area contributed by atoms with Crippen LogP contribution in [0.5, 0.6) is 0 Å². The molecule has 1 N–H and O–H groups in total. The summed E-state index contributed by atoms with van der Waals surface area (Å²) in [6.07, 6.45) is -1.07. The van der Waals surface area contributed by atoms with Crippen molar-refractivity contribution >= 4 is 6.09 Å². The van der Waals surface area contributed by atoms with E-state index >= 15 is 0 Å². The summed E-state index contributed by atoms with van der Waals surface area (Å²) in [5.74, 6) is 0.0592. The van der Waals surface area contributed by atoms with Gasteiger partial charge >= 0.3 is 6.09 Å². The van der Waals surface area contributed by atoms with Crippen LogP contribution in [0.3, 0.4) is 0 Å². The predicted molar refractivity (Wildman–Crippen MR) is 95.9 cm³/mol. The van der Waals surface area contributed by atoms with Crippen LogP contribution in [0.1, 0.15) is 17.0 Å². The van der Waals surface area contributed by atoms with Gasteiger partial charge in [-0.05, 0) is 22.3 Å². The summed E-state index contributed by atoms with van der Waals surface area (Å²) in [7, 11) is 0. The van der Waals surface area contributed by atoms with E-state index in [-0.39, 0.29) is 24.0 Å². The highest BCUT2D eigenvalue weighted by Gasteiger charge is 2.44. The number of ether oxygens (including phenoxy) is 2. The lowest BCUT2D eigenvalue weighted by Gasteiger charge is -2.33. The third kappa shape index (κ3) is 2.42. The van der Waals surface area contributed by atoms with Crippen LogP contribution in [0.2, 0.25) is 0 Å². The first-order valence-corrected chi connectivity index (χ1v) is 9.12. The molecule has 5 nitrogen and oxygen atoms in total. The van der Waals surface area contributed by atoms with Gasteiger partial charge in [-0.1, -0.05) is 48.5 Å². The van der Waals surface area contributed by atoms with Gasteiger partial charge in [0, 0.05) is 18.4 Å². The molecular weight excluding hydrogens is 330 g/mol. The number of aliphatic hydroxyl groups excluding tert-OH is 1. The Morgan fingerprint density at radius 1 is 1.08 bits per heavy atom. The minimum Gasteiger partial charge on any atom is -0.448 e. The van der Waals surface area contributed by atoms with Gasteiger partial charge in [-0.3, -0.25) is 0 Å². The van der Waals surface area contributed by atoms with Crippen molar-refractivity contribution in [3.63, 3.8) is 0 Å². The zero-order chi connectivity index (χ0) is 17.7. The molecule has 1 aliphatic carbocycles. The second kappa shape index (κ2) is 6.11. The Hall–Kier alpha value is -2.37. The Kier molecular flexibility index (Phi) is 3.72. The van der Waals surface area contributed by atoms with E-state index in [0.717, 1.165) is 0 Å². The molecule has 5 rings (SSSR count). The summed E-state index contributed by atoms with van der Waals surface area (Å²) in [5, 5.41) is 10.0. The Labute approximate surface area is 152 Å². The van der Waals surface area contributed by atoms with E-state index in [0.29, 0.717) is 26.3 Å². The first-order chi connectivity index (χ1) is 12.7. The lowest BCUT2D eigenvalue weighted by atomic mass is 9.97. The molecule has 2 bridgehead atoms. The maximum atomic E-state index is 12.6. The van der Waals surface area contributed by atoms with Crippen LogP contribution >= 0.6 is 0 Å². The molecule has 0 saturated carbocycles. The second-order valence-electron chi connectivity index (χ2n) is 7.33. The summed E-state index contributed by atoms with van der Waals surface area (Å²) in [6.45, 7) is 1.73. The first-order valence-electron chi connectivity index (χ1n) is 9.12. The van der Waals surface area contributed by atoms with Crippen molar-refractivity contribution in [2.45, 2.75) is 18.1 Å². The van der Waals surface area contributed by atoms with Gasteiger partial charge < -0.3 is 19.5 Å². The summed E-state index contributed by atoms with van der Waals surface area (Å²) < 4.78 is 11.2. The van der Waals surface area contributed by atoms with Gasteiger partial charge in [-0.25, -0.2) is 4.79 Å². The molecule has 3 aliphatic rings. The molecule has 0 aromatic heterocycles. The lowest BCUT2D eigenvalue weighted by molar-refractivity contribution is -0.00918. The number of hydrogen-bond acceptors (Lipinski definition) is 4. The third-order valence-corrected chi connectivity index (χ3v) is 5.84. The predicted octanol–water partition coefficient (Wildman–Crippen LogP) is 2.63. The Bertz CT molecular complexity index is 792. The monoisotopic (exact) mass is 351 g/mol. The Morgan fingerprint density at radius 3 is 2.38 bits per heavy atom. The highest BCUT2D eigenvalue weighted by molar-refractivity contribution is 5.79. The number of likely N-dealkylation sites (tertiary alicyclic amines) is 1. The van der Waals surface area contributed by atoms with Gasteiger partial charge in [-0.15, -0.1) is 0 Å². The maximum Gasteiger partial charge on any atom is 0.409 e. The quantitative estimate of drug-likeness (QED) is 0.904. The Balaban J connectivity index is 1.32. The second-order valence-corrected chi connectivity index (χ2v) is 7.33. The molecule has 2 aliphatic heterocycles. The molecule has 2 fully saturated rings. The molecule has 1 amide bonds. The number of carbonyl (C=O) groups is 1. The first kappa shape index (κ1) is 15.9. The van der Waals surface area contributed by atoms with Gasteiger partial charge in [0.25, 0.3) is 0 Å². The van der Waals surface area contributed by atoms with Gasteiger partial charge in [0.2, 0.25) is 0 Å². The number of fused-ring (bicyclic) bond motifs is 5. The molecule has 5 heteroatoms. The van der Waals surface area contributed by atoms with E-state index in [1.165, 1.54) is 22.3 Å². The molecule has 0 spiro atoms. The van der Waals surface area contributed by atoms with Crippen molar-refractivity contribution < 1.29 is 19.4 Å². The van der Waals surface area contributed by atoms with E-state index < -0.39 is 6.10 Å². The van der Waals surface area contributed by atoms with E-state index in [9.17, 15) is 9.90 Å². The zero-order valence-corrected chi connectivity index (χ0v) is 14.4. The maximum absolute atomic E-state index is 12.6. The molecule has 26 heavy (non-hydrogen) atoms. The highest BCUT2D eigenvalue weighted by Crippen LogP contribution is 2.44. The number of hydrogen-bond donors (Lipinski definition) is 1. The molecule has 0 radical (unpaired) electrons. The largest absolute Gasteiger partial charge is 0.448 e. The normalized spacial score (nSPS) is 26.5. The van der Waals surface area contributed by atoms with Crippen molar-refractivity contribution in [2.24, 2.45) is 5.92 Å². The summed E-state index contributed by atoms with van der Waals surface area (Å²) >= 11 is 0. The van der Waals surface area contributed by atoms with Gasteiger partial charge in [0.1, 0.15) is 12.7 Å². The third-order valence-electron chi connectivity index (χ3n) is 5.84. The van der Waals surface area contributed by atoms with E-state index in [4.69, 9.17) is 9.47 Å². The number of nitrogens with zero attached hydrogens (tertiary/aromatic N) is 1. The van der Waals surface area contributed by atoms with Crippen LogP contribution in [0.25, 0.3) is 11.1 Å². The number of aliphatic hydroxyl groups is 1. The SMILES string of the molecule is O=C(OCC1c2ccccc2-c2ccccc21)N1C[C@H]2CO[C@@H](C1)[C@H]2O. The van der Waals surface area contributed by atoms with Crippen LogP contribution in [-0.4, -0.2) is 54.6 Å². The van der Waals surface area contributed by atoms with Gasteiger partial charge in [0.05, 0.1) is 19.3 Å². The minimum absolute atomic E-state index is 0.00534. The summed E-state index contributed by atoms with van der Waals surface area (Å²) in [5.41, 5.74) is 4.85. The van der Waals surface area contributed by atoms with Crippen LogP contribution in [-0.2, 0) is 9.47 Å². The Morgan fingerprint density at radius 2 is 1.73 bits per heavy atom. The number of carbonyl (C=O) groups excluding carboxylic acids is 1. The van der Waals surface area contributed by atoms with Crippen molar-refractivity contribution in [1.29, 1.82) is 0 Å². The molecule has 2 saturated heterocycles. The number of amides is 1. The molecule has 2 heterocycles. The van der Waals surface area contributed by atoms with Crippen molar-refractivity contribution in [2.75, 3.05) is 26.3 Å². The molecule has 2 aromatic rings. The van der Waals surface area contributed by atoms with E-state index in [1.54, 1.807) is 4.90 Å². The molecule has 134 valence electrons. The van der Waals surface area contributed by atoms with Gasteiger partial charge in [0.15, 0.2) is 0 Å². The zero-order valence-electron chi connectivity index (χ0n) is 14.4. The van der Waals surface area contributed by atoms with E-state index in [1.807, 2.05) is 24.3 Å². The molecular formula is C21H21NO4. The van der Waals surface area contributed by atoms with Gasteiger partial charge in [-0.2, -0.15) is 0 Å². The fourth-order valence-corrected chi connectivity index (χ4v) is 4.48. The van der Waals surface area contributed by atoms with Crippen LogP contribution in [0, 0.1) is 5.92 Å². The highest BCUT2D eigenvalue weighted by atomic mass is 16.6. The standard InChI is InChI=1S/C21H21NO4/c23-20-13-9-22(10-19(20)25-11-13)21(24)26-12-18-16-7-3-1-5-14(16)15-6-2-4-8-17(15)18/h1-8,13,18-20,23H,9-12H2/t13-,19-,20-/m0/s1. The molecule has 3 atom stereocenters. The lowest BCUT2D eigenvalue weighted by Crippen LogP contribution is -2.50. The fraction of sp³-hybridized carbons (Fsp3) is 0.381. The average molecular weight is 351 g/mol. The van der Waals surface area contributed by atoms with Crippen molar-refractivity contribution in [1.82, 2.24) is 4.90 Å². The minimum atomic E-state index is -0.465. The van der Waals surface area contributed by atoms with E-state index in [2.05, 4.69) is 24.3 Å². The summed E-state index contributed by atoms with van der Waals surface area (Å²) in [4.78, 5) is 14.2. The number of rotatable bonds is 2. The van der Waals surface area contributed by atoms with Crippen LogP contribution in [0.15, 0.2) is 48.5 Å². The van der Waals surface area contributed by atoms with Crippen molar-refractivity contribution in [3.05, 3.63) is 59.7 Å². The number of benzene rings is 2. The smallest absolute Gasteiger partial charge is 0.409 e. The topological polar surface area (TPSA) is 59.0 Å². The molecule has 0 unspecified atom stereocenters. The molecule has 2 aromatic carbocycles. The van der Waals surface area contributed by atoms with Crippen LogP contribution in [0.4, 0.5) is 4.79 Å². The van der Waals surface area contributed by atoms with Crippen LogP contribution < -0.4 is 0 Å². The fourth-order valence-electron chi connectivity index (χ4n) is 4.48.